The van der Waals surface area contributed by atoms with Gasteiger partial charge in [0.25, 0.3) is 0 Å². The van der Waals surface area contributed by atoms with Gasteiger partial charge in [0.05, 0.1) is 6.42 Å². The van der Waals surface area contributed by atoms with E-state index in [1.165, 1.54) is 0 Å². The van der Waals surface area contributed by atoms with Crippen molar-refractivity contribution in [1.29, 1.82) is 0 Å². The maximum absolute atomic E-state index is 13.1. The molecule has 0 saturated heterocycles. The molecule has 0 bridgehead atoms. The molecule has 0 aliphatic heterocycles. The van der Waals surface area contributed by atoms with Crippen LogP contribution >= 0.6 is 23.2 Å². The molecule has 4 nitrogen and oxygen atoms in total. The molecule has 2 atom stereocenters. The summed E-state index contributed by atoms with van der Waals surface area (Å²) in [6, 6.07) is 14.1. The van der Waals surface area contributed by atoms with Crippen molar-refractivity contribution in [3.63, 3.8) is 0 Å². The van der Waals surface area contributed by atoms with Gasteiger partial charge in [-0.05, 0) is 43.5 Å². The average molecular weight is 421 g/mol. The highest BCUT2D eigenvalue weighted by atomic mass is 35.5. The molecule has 28 heavy (non-hydrogen) atoms. The van der Waals surface area contributed by atoms with Crippen LogP contribution in [0, 0.1) is 0 Å². The molecule has 0 unspecified atom stereocenters. The molecule has 0 aromatic heterocycles. The molecule has 0 radical (unpaired) electrons. The van der Waals surface area contributed by atoms with Crippen LogP contribution in [0.3, 0.4) is 0 Å². The Morgan fingerprint density at radius 3 is 2.36 bits per heavy atom. The lowest BCUT2D eigenvalue weighted by Gasteiger charge is -2.30. The number of carbonyl (C=O) groups excluding carboxylic acids is 2. The van der Waals surface area contributed by atoms with Gasteiger partial charge in [0.2, 0.25) is 11.8 Å². The van der Waals surface area contributed by atoms with Gasteiger partial charge in [-0.15, -0.1) is 0 Å². The zero-order valence-electron chi connectivity index (χ0n) is 16.4. The summed E-state index contributed by atoms with van der Waals surface area (Å²) in [5.74, 6) is -0.315. The SMILES string of the molecule is CC[C@@H](C)NC(=O)[C@@H](C)N(Cc1ccc(Cl)cc1Cl)C(=O)Cc1ccccc1. The molecule has 6 heteroatoms. The summed E-state index contributed by atoms with van der Waals surface area (Å²) < 4.78 is 0. The Balaban J connectivity index is 2.25. The van der Waals surface area contributed by atoms with E-state index in [-0.39, 0.29) is 30.8 Å². The second-order valence-electron chi connectivity index (χ2n) is 6.91. The molecule has 150 valence electrons. The van der Waals surface area contributed by atoms with E-state index in [4.69, 9.17) is 23.2 Å². The third-order valence-corrected chi connectivity index (χ3v) is 5.31. The first-order valence-corrected chi connectivity index (χ1v) is 10.1. The van der Waals surface area contributed by atoms with E-state index in [9.17, 15) is 9.59 Å². The summed E-state index contributed by atoms with van der Waals surface area (Å²) in [6.07, 6.45) is 1.03. The van der Waals surface area contributed by atoms with Crippen LogP contribution in [0.5, 0.6) is 0 Å². The van der Waals surface area contributed by atoms with Gasteiger partial charge in [0.1, 0.15) is 6.04 Å². The Labute approximate surface area is 176 Å². The molecular weight excluding hydrogens is 395 g/mol. The van der Waals surface area contributed by atoms with Crippen LogP contribution in [-0.2, 0) is 22.6 Å². The Bertz CT molecular complexity index is 811. The number of amides is 2. The van der Waals surface area contributed by atoms with Crippen molar-refractivity contribution in [3.8, 4) is 0 Å². The van der Waals surface area contributed by atoms with Crippen molar-refractivity contribution in [1.82, 2.24) is 10.2 Å². The van der Waals surface area contributed by atoms with Crippen LogP contribution in [0.1, 0.15) is 38.3 Å². The second kappa shape index (κ2) is 10.5. The minimum absolute atomic E-state index is 0.0418. The fourth-order valence-corrected chi connectivity index (χ4v) is 3.22. The molecule has 1 N–H and O–H groups in total. The molecule has 2 amide bonds. The Hall–Kier alpha value is -2.04. The largest absolute Gasteiger partial charge is 0.352 e. The number of rotatable bonds is 8. The number of nitrogens with one attached hydrogen (secondary N) is 1. The molecule has 0 heterocycles. The van der Waals surface area contributed by atoms with Crippen LogP contribution in [0.25, 0.3) is 0 Å². The average Bonchev–Trinajstić information content (AvgIpc) is 2.67. The number of halogens is 2. The maximum Gasteiger partial charge on any atom is 0.242 e. The first kappa shape index (κ1) is 22.3. The molecule has 0 aliphatic carbocycles. The summed E-state index contributed by atoms with van der Waals surface area (Å²) in [6.45, 7) is 5.92. The zero-order chi connectivity index (χ0) is 20.7. The van der Waals surface area contributed by atoms with Gasteiger partial charge in [0.15, 0.2) is 0 Å². The summed E-state index contributed by atoms with van der Waals surface area (Å²) in [4.78, 5) is 27.3. The summed E-state index contributed by atoms with van der Waals surface area (Å²) in [5.41, 5.74) is 1.64. The third kappa shape index (κ3) is 6.25. The highest BCUT2D eigenvalue weighted by Gasteiger charge is 2.27. The predicted molar refractivity (Wildman–Crippen MR) is 115 cm³/mol. The van der Waals surface area contributed by atoms with E-state index < -0.39 is 6.04 Å². The topological polar surface area (TPSA) is 49.4 Å². The summed E-state index contributed by atoms with van der Waals surface area (Å²) in [5, 5.41) is 3.95. The molecule has 0 spiro atoms. The van der Waals surface area contributed by atoms with Crippen molar-refractivity contribution in [3.05, 3.63) is 69.7 Å². The molecular formula is C22H26Cl2N2O2. The molecule has 2 aromatic rings. The van der Waals surface area contributed by atoms with Crippen LogP contribution in [-0.4, -0.2) is 28.8 Å². The van der Waals surface area contributed by atoms with E-state index in [1.807, 2.05) is 44.2 Å². The first-order valence-electron chi connectivity index (χ1n) is 9.39. The highest BCUT2D eigenvalue weighted by Crippen LogP contribution is 2.23. The number of benzene rings is 2. The first-order chi connectivity index (χ1) is 13.3. The van der Waals surface area contributed by atoms with Crippen molar-refractivity contribution < 1.29 is 9.59 Å². The number of carbonyl (C=O) groups is 2. The van der Waals surface area contributed by atoms with Crippen molar-refractivity contribution >= 4 is 35.0 Å². The fourth-order valence-electron chi connectivity index (χ4n) is 2.75. The van der Waals surface area contributed by atoms with Gasteiger partial charge in [0, 0.05) is 22.6 Å². The quantitative estimate of drug-likeness (QED) is 0.661. The van der Waals surface area contributed by atoms with E-state index in [2.05, 4.69) is 5.32 Å². The second-order valence-corrected chi connectivity index (χ2v) is 7.76. The Kier molecular flexibility index (Phi) is 8.34. The molecule has 0 saturated carbocycles. The zero-order valence-corrected chi connectivity index (χ0v) is 17.9. The molecule has 0 fully saturated rings. The van der Waals surface area contributed by atoms with Crippen LogP contribution < -0.4 is 5.32 Å². The van der Waals surface area contributed by atoms with Crippen LogP contribution in [0.2, 0.25) is 10.0 Å². The van der Waals surface area contributed by atoms with E-state index in [1.54, 1.807) is 30.0 Å². The minimum atomic E-state index is -0.628. The lowest BCUT2D eigenvalue weighted by molar-refractivity contribution is -0.140. The van der Waals surface area contributed by atoms with Gasteiger partial charge < -0.3 is 10.2 Å². The van der Waals surface area contributed by atoms with E-state index in [0.29, 0.717) is 10.0 Å². The van der Waals surface area contributed by atoms with Gasteiger partial charge >= 0.3 is 0 Å². The van der Waals surface area contributed by atoms with Gasteiger partial charge in [-0.2, -0.15) is 0 Å². The third-order valence-electron chi connectivity index (χ3n) is 4.72. The molecule has 2 rings (SSSR count). The highest BCUT2D eigenvalue weighted by molar-refractivity contribution is 6.35. The van der Waals surface area contributed by atoms with Gasteiger partial charge in [-0.25, -0.2) is 0 Å². The normalized spacial score (nSPS) is 12.9. The lowest BCUT2D eigenvalue weighted by atomic mass is 10.1. The number of hydrogen-bond acceptors (Lipinski definition) is 2. The number of nitrogens with zero attached hydrogens (tertiary/aromatic N) is 1. The van der Waals surface area contributed by atoms with Crippen LogP contribution in [0.4, 0.5) is 0 Å². The Morgan fingerprint density at radius 2 is 1.75 bits per heavy atom. The number of hydrogen-bond donors (Lipinski definition) is 1. The lowest BCUT2D eigenvalue weighted by Crippen LogP contribution is -2.49. The maximum atomic E-state index is 13.1. The standard InChI is InChI=1S/C22H26Cl2N2O2/c1-4-15(2)25-22(28)16(3)26(14-18-10-11-19(23)13-20(18)24)21(27)12-17-8-6-5-7-9-17/h5-11,13,15-16H,4,12,14H2,1-3H3,(H,25,28)/t15-,16-/m1/s1. The van der Waals surface area contributed by atoms with Gasteiger partial charge in [-0.3, -0.25) is 9.59 Å². The van der Waals surface area contributed by atoms with Gasteiger partial charge in [-0.1, -0.05) is 66.5 Å². The minimum Gasteiger partial charge on any atom is -0.352 e. The Morgan fingerprint density at radius 1 is 1.07 bits per heavy atom. The molecule has 2 aromatic carbocycles. The smallest absolute Gasteiger partial charge is 0.242 e. The van der Waals surface area contributed by atoms with Crippen LogP contribution in [0.15, 0.2) is 48.5 Å². The van der Waals surface area contributed by atoms with Crippen molar-refractivity contribution in [2.45, 2.75) is 52.2 Å². The van der Waals surface area contributed by atoms with Crippen molar-refractivity contribution in [2.75, 3.05) is 0 Å². The fraction of sp³-hybridized carbons (Fsp3) is 0.364. The van der Waals surface area contributed by atoms with E-state index >= 15 is 0 Å². The monoisotopic (exact) mass is 420 g/mol. The summed E-state index contributed by atoms with van der Waals surface area (Å²) >= 11 is 12.3. The summed E-state index contributed by atoms with van der Waals surface area (Å²) in [7, 11) is 0. The molecule has 0 aliphatic rings. The van der Waals surface area contributed by atoms with E-state index in [0.717, 1.165) is 17.5 Å². The predicted octanol–water partition coefficient (Wildman–Crippen LogP) is 4.87. The van der Waals surface area contributed by atoms with Crippen molar-refractivity contribution in [2.24, 2.45) is 0 Å².